The largest absolute Gasteiger partial charge is 0.378 e. The first-order valence-corrected chi connectivity index (χ1v) is 7.94. The molecule has 19 heavy (non-hydrogen) atoms. The number of nitrogens with zero attached hydrogens (tertiary/aromatic N) is 4. The minimum absolute atomic E-state index is 0.0899. The molecule has 0 atom stereocenters. The molecule has 1 rings (SSSR count). The highest BCUT2D eigenvalue weighted by Gasteiger charge is 2.20. The van der Waals surface area contributed by atoms with Gasteiger partial charge in [0.05, 0.1) is 26.8 Å². The van der Waals surface area contributed by atoms with E-state index in [0.29, 0.717) is 24.0 Å². The second-order valence-electron chi connectivity index (χ2n) is 5.77. The lowest BCUT2D eigenvalue weighted by Crippen LogP contribution is -2.40. The van der Waals surface area contributed by atoms with E-state index in [2.05, 4.69) is 10.3 Å². The normalized spacial score (nSPS) is 13.2. The molecule has 0 aliphatic rings. The van der Waals surface area contributed by atoms with Gasteiger partial charge < -0.3 is 9.04 Å². The van der Waals surface area contributed by atoms with E-state index in [1.54, 1.807) is 0 Å². The van der Waals surface area contributed by atoms with Crippen molar-refractivity contribution in [2.24, 2.45) is 0 Å². The number of hydrogen-bond donors (Lipinski definition) is 0. The maximum atomic E-state index is 10.8. The maximum Gasteiger partial charge on any atom is 0.378 e. The fraction of sp³-hybridized carbons (Fsp3) is 0.818. The molecule has 110 valence electrons. The van der Waals surface area contributed by atoms with Gasteiger partial charge in [-0.05, 0) is 13.8 Å². The van der Waals surface area contributed by atoms with Crippen molar-refractivity contribution >= 4 is 10.1 Å². The molecule has 0 radical (unpaired) electrons. The van der Waals surface area contributed by atoms with Crippen molar-refractivity contribution in [1.82, 2.24) is 15.0 Å². The van der Waals surface area contributed by atoms with Crippen LogP contribution in [0.1, 0.15) is 32.0 Å². The van der Waals surface area contributed by atoms with Gasteiger partial charge in [-0.3, -0.25) is 0 Å². The zero-order chi connectivity index (χ0) is 14.7. The van der Waals surface area contributed by atoms with Crippen molar-refractivity contribution in [3.8, 4) is 0 Å². The Morgan fingerprint density at radius 1 is 1.42 bits per heavy atom. The molecule has 7 nitrogen and oxygen atoms in total. The van der Waals surface area contributed by atoms with Crippen LogP contribution in [0.5, 0.6) is 0 Å². The molecule has 0 saturated heterocycles. The minimum Gasteiger partial charge on any atom is -0.333 e. The van der Waals surface area contributed by atoms with Crippen molar-refractivity contribution in [1.29, 1.82) is 0 Å². The van der Waals surface area contributed by atoms with Crippen molar-refractivity contribution in [2.75, 3.05) is 26.4 Å². The Bertz CT molecular complexity index is 508. The third kappa shape index (κ3) is 6.13. The predicted molar refractivity (Wildman–Crippen MR) is 73.1 cm³/mol. The topological polar surface area (TPSA) is 87.8 Å². The van der Waals surface area contributed by atoms with E-state index in [0.717, 1.165) is 5.69 Å². The molecule has 1 aromatic heterocycles. The number of quaternary nitrogens is 1. The van der Waals surface area contributed by atoms with Gasteiger partial charge in [0.15, 0.2) is 0 Å². The number of hydrogen-bond acceptors (Lipinski definition) is 4. The highest BCUT2D eigenvalue weighted by Crippen LogP contribution is 2.10. The quantitative estimate of drug-likeness (QED) is 0.518. The van der Waals surface area contributed by atoms with Crippen LogP contribution in [0.2, 0.25) is 0 Å². The fourth-order valence-corrected chi connectivity index (χ4v) is 2.35. The summed E-state index contributed by atoms with van der Waals surface area (Å²) in [5.74, 6) is -0.0899. The highest BCUT2D eigenvalue weighted by atomic mass is 32.2. The summed E-state index contributed by atoms with van der Waals surface area (Å²) in [6.45, 7) is 5.46. The first kappa shape index (κ1) is 16.1. The Morgan fingerprint density at radius 2 is 2.05 bits per heavy atom. The Hall–Kier alpha value is -0.990. The fourth-order valence-electron chi connectivity index (χ4n) is 1.84. The molecular formula is C11H24N4O3S+2. The summed E-state index contributed by atoms with van der Waals surface area (Å²) >= 11 is 0. The van der Waals surface area contributed by atoms with E-state index in [1.165, 1.54) is 0 Å². The molecule has 1 aromatic rings. The van der Waals surface area contributed by atoms with Gasteiger partial charge >= 0.3 is 10.1 Å². The van der Waals surface area contributed by atoms with Crippen LogP contribution in [-0.4, -0.2) is 58.8 Å². The summed E-state index contributed by atoms with van der Waals surface area (Å²) in [5, 5.41) is 8.17. The van der Waals surface area contributed by atoms with Crippen LogP contribution in [0.4, 0.5) is 0 Å². The number of aromatic nitrogens is 3. The molecule has 0 aliphatic carbocycles. The lowest BCUT2D eigenvalue weighted by atomic mass is 10.3. The molecule has 2 N–H and O–H groups in total. The van der Waals surface area contributed by atoms with Crippen molar-refractivity contribution in [3.63, 3.8) is 0 Å². The third-order valence-electron chi connectivity index (χ3n) is 2.85. The standard InChI is InChI=1S/C11H22N4O3S/c1-10(2)14-8-11(12-13-14)9-15(3,4)6-5-7-19(16,17)18/h8,10H,5-7,9H2,1-4H3/p+2. The smallest absolute Gasteiger partial charge is 0.333 e. The van der Waals surface area contributed by atoms with E-state index >= 15 is 0 Å². The van der Waals surface area contributed by atoms with E-state index in [-0.39, 0.29) is 11.8 Å². The van der Waals surface area contributed by atoms with Gasteiger partial charge in [-0.2, -0.15) is 8.42 Å². The van der Waals surface area contributed by atoms with Crippen LogP contribution in [0.15, 0.2) is 6.20 Å². The molecule has 0 amide bonds. The zero-order valence-electron chi connectivity index (χ0n) is 12.0. The van der Waals surface area contributed by atoms with E-state index in [1.807, 2.05) is 38.8 Å². The van der Waals surface area contributed by atoms with Gasteiger partial charge in [0.2, 0.25) is 0 Å². The van der Waals surface area contributed by atoms with Gasteiger partial charge in [0.25, 0.3) is 0 Å². The summed E-state index contributed by atoms with van der Waals surface area (Å²) in [6.07, 6.45) is 2.41. The monoisotopic (exact) mass is 292 g/mol. The van der Waals surface area contributed by atoms with E-state index in [4.69, 9.17) is 4.55 Å². The Kier molecular flexibility index (Phi) is 5.05. The highest BCUT2D eigenvalue weighted by molar-refractivity contribution is 7.85. The SMILES string of the molecule is CC(C)n1cc(C[N+](C)(C)CCCS(=O)(=O)[OH2+])nn1. The van der Waals surface area contributed by atoms with Crippen molar-refractivity contribution < 1.29 is 17.5 Å². The predicted octanol–water partition coefficient (Wildman–Crippen LogP) is -0.120. The first-order valence-electron chi connectivity index (χ1n) is 6.29. The Labute approximate surface area is 114 Å². The molecule has 0 bridgehead atoms. The molecule has 0 aromatic carbocycles. The van der Waals surface area contributed by atoms with Crippen LogP contribution < -0.4 is 0 Å². The summed E-state index contributed by atoms with van der Waals surface area (Å²) in [5.41, 5.74) is 0.896. The van der Waals surface area contributed by atoms with Gasteiger partial charge in [-0.25, -0.2) is 4.68 Å². The van der Waals surface area contributed by atoms with Crippen LogP contribution in [0, 0.1) is 0 Å². The summed E-state index contributed by atoms with van der Waals surface area (Å²) in [6, 6.07) is 0.283. The second kappa shape index (κ2) is 5.98. The molecule has 0 spiro atoms. The van der Waals surface area contributed by atoms with Crippen molar-refractivity contribution in [3.05, 3.63) is 11.9 Å². The summed E-state index contributed by atoms with van der Waals surface area (Å²) in [4.78, 5) is 0. The van der Waals surface area contributed by atoms with Gasteiger partial charge in [0.1, 0.15) is 18.0 Å². The first-order chi connectivity index (χ1) is 8.59. The molecule has 0 unspecified atom stereocenters. The second-order valence-corrected chi connectivity index (χ2v) is 7.41. The van der Waals surface area contributed by atoms with Gasteiger partial charge in [-0.15, -0.1) is 5.10 Å². The van der Waals surface area contributed by atoms with Crippen LogP contribution in [0.3, 0.4) is 0 Å². The molecule has 0 fully saturated rings. The molecule has 8 heteroatoms. The van der Waals surface area contributed by atoms with E-state index < -0.39 is 10.1 Å². The Balaban J connectivity index is 2.53. The molecule has 0 aliphatic heterocycles. The molecule has 1 heterocycles. The molecular weight excluding hydrogens is 268 g/mol. The average molecular weight is 292 g/mol. The lowest BCUT2D eigenvalue weighted by Gasteiger charge is -2.28. The van der Waals surface area contributed by atoms with Crippen LogP contribution >= 0.6 is 0 Å². The van der Waals surface area contributed by atoms with Crippen molar-refractivity contribution in [2.45, 2.75) is 32.9 Å². The van der Waals surface area contributed by atoms with Gasteiger partial charge in [-0.1, -0.05) is 5.21 Å². The van der Waals surface area contributed by atoms with Crippen LogP contribution in [-0.2, 0) is 16.7 Å². The Morgan fingerprint density at radius 3 is 2.53 bits per heavy atom. The minimum atomic E-state index is -3.62. The van der Waals surface area contributed by atoms with Gasteiger partial charge in [0, 0.05) is 12.5 Å². The lowest BCUT2D eigenvalue weighted by molar-refractivity contribution is -0.903. The summed E-state index contributed by atoms with van der Waals surface area (Å²) < 4.78 is 30.9. The number of rotatable bonds is 7. The average Bonchev–Trinajstić information content (AvgIpc) is 2.62. The van der Waals surface area contributed by atoms with Crippen LogP contribution in [0.25, 0.3) is 0 Å². The summed E-state index contributed by atoms with van der Waals surface area (Å²) in [7, 11) is 0.419. The third-order valence-corrected chi connectivity index (χ3v) is 3.68. The molecule has 0 saturated carbocycles. The zero-order valence-corrected chi connectivity index (χ0v) is 12.8. The maximum absolute atomic E-state index is 10.8. The van der Waals surface area contributed by atoms with E-state index in [9.17, 15) is 8.42 Å².